The molecule has 2 amide bonds. The molecule has 0 spiro atoms. The summed E-state index contributed by atoms with van der Waals surface area (Å²) in [6.07, 6.45) is 0.117. The van der Waals surface area contributed by atoms with Crippen molar-refractivity contribution < 1.29 is 28.2 Å². The highest BCUT2D eigenvalue weighted by Gasteiger charge is 2.25. The minimum atomic E-state index is -0.759. The van der Waals surface area contributed by atoms with Crippen LogP contribution in [-0.2, 0) is 19.1 Å². The number of rotatable bonds is 5. The number of nitrogens with one attached hydrogen (secondary N) is 1. The van der Waals surface area contributed by atoms with Gasteiger partial charge >= 0.3 is 5.97 Å². The van der Waals surface area contributed by atoms with Gasteiger partial charge in [0, 0.05) is 0 Å². The molecule has 0 aromatic heterocycles. The highest BCUT2D eigenvalue weighted by molar-refractivity contribution is 6.33. The second kappa shape index (κ2) is 8.71. The van der Waals surface area contributed by atoms with Crippen molar-refractivity contribution in [3.63, 3.8) is 0 Å². The number of esters is 1. The number of halogens is 2. The van der Waals surface area contributed by atoms with E-state index in [2.05, 4.69) is 5.32 Å². The molecule has 2 aromatic rings. The summed E-state index contributed by atoms with van der Waals surface area (Å²) < 4.78 is 23.5. The van der Waals surface area contributed by atoms with Gasteiger partial charge in [-0.1, -0.05) is 23.7 Å². The third kappa shape index (κ3) is 4.77. The third-order valence-electron chi connectivity index (χ3n) is 3.89. The van der Waals surface area contributed by atoms with Crippen LogP contribution in [0.15, 0.2) is 42.5 Å². The van der Waals surface area contributed by atoms with Crippen LogP contribution in [0.4, 0.5) is 15.8 Å². The van der Waals surface area contributed by atoms with Gasteiger partial charge in [-0.05, 0) is 30.3 Å². The molecular formula is C19H16ClFN2O5. The van der Waals surface area contributed by atoms with Gasteiger partial charge in [-0.15, -0.1) is 0 Å². The maximum absolute atomic E-state index is 13.0. The van der Waals surface area contributed by atoms with Crippen LogP contribution in [0.25, 0.3) is 0 Å². The summed E-state index contributed by atoms with van der Waals surface area (Å²) >= 11 is 5.83. The lowest BCUT2D eigenvalue weighted by Gasteiger charge is -2.20. The zero-order valence-electron chi connectivity index (χ0n) is 14.6. The maximum atomic E-state index is 13.0. The number of hydrogen-bond acceptors (Lipinski definition) is 5. The van der Waals surface area contributed by atoms with Crippen molar-refractivity contribution in [1.29, 1.82) is 0 Å². The predicted molar refractivity (Wildman–Crippen MR) is 99.9 cm³/mol. The minimum Gasteiger partial charge on any atom is -0.491 e. The van der Waals surface area contributed by atoms with Gasteiger partial charge in [0.05, 0.1) is 29.4 Å². The van der Waals surface area contributed by atoms with E-state index < -0.39 is 24.3 Å². The number of carbonyl (C=O) groups excluding carboxylic acids is 3. The molecule has 28 heavy (non-hydrogen) atoms. The first-order valence-corrected chi connectivity index (χ1v) is 8.74. The van der Waals surface area contributed by atoms with Crippen molar-refractivity contribution in [2.45, 2.75) is 6.42 Å². The van der Waals surface area contributed by atoms with Crippen molar-refractivity contribution >= 4 is 40.8 Å². The Morgan fingerprint density at radius 2 is 2.04 bits per heavy atom. The Morgan fingerprint density at radius 1 is 1.25 bits per heavy atom. The number of carbonyl (C=O) groups is 3. The van der Waals surface area contributed by atoms with Crippen LogP contribution in [0.2, 0.25) is 5.02 Å². The number of nitrogens with zero attached hydrogens (tertiary/aromatic N) is 1. The van der Waals surface area contributed by atoms with Crippen LogP contribution in [0.1, 0.15) is 6.42 Å². The second-order valence-corrected chi connectivity index (χ2v) is 6.29. The molecule has 0 saturated carbocycles. The zero-order valence-corrected chi connectivity index (χ0v) is 15.4. The minimum absolute atomic E-state index is 0.0199. The third-order valence-corrected chi connectivity index (χ3v) is 4.20. The van der Waals surface area contributed by atoms with Crippen LogP contribution in [-0.4, -0.2) is 37.5 Å². The van der Waals surface area contributed by atoms with Crippen LogP contribution in [0, 0.1) is 5.82 Å². The second-order valence-electron chi connectivity index (χ2n) is 5.88. The van der Waals surface area contributed by atoms with E-state index in [1.807, 2.05) is 0 Å². The average Bonchev–Trinajstić information content (AvgIpc) is 2.82. The van der Waals surface area contributed by atoms with E-state index in [0.29, 0.717) is 11.4 Å². The molecule has 146 valence electrons. The van der Waals surface area contributed by atoms with Crippen molar-refractivity contribution in [2.24, 2.45) is 0 Å². The molecular weight excluding hydrogens is 391 g/mol. The lowest BCUT2D eigenvalue weighted by atomic mass is 10.2. The fourth-order valence-corrected chi connectivity index (χ4v) is 2.81. The van der Waals surface area contributed by atoms with Gasteiger partial charge < -0.3 is 14.8 Å². The first kappa shape index (κ1) is 19.6. The standard InChI is InChI=1S/C19H16ClFN2O5/c20-13-9-12(21)5-6-14(13)22-17(24)11-28-19(26)10-23-15-3-1-2-4-16(15)27-8-7-18(23)25/h1-6,9H,7-8,10-11H2,(H,22,24). The Bertz CT molecular complexity index is 921. The van der Waals surface area contributed by atoms with Gasteiger partial charge in [0.1, 0.15) is 18.1 Å². The summed E-state index contributed by atoms with van der Waals surface area (Å²) in [6, 6.07) is 10.3. The molecule has 1 heterocycles. The number of ether oxygens (including phenoxy) is 2. The molecule has 0 fully saturated rings. The molecule has 0 atom stereocenters. The summed E-state index contributed by atoms with van der Waals surface area (Å²) in [6.45, 7) is -0.723. The summed E-state index contributed by atoms with van der Waals surface area (Å²) in [5.41, 5.74) is 0.655. The lowest BCUT2D eigenvalue weighted by Crippen LogP contribution is -2.37. The molecule has 1 N–H and O–H groups in total. The molecule has 0 aliphatic carbocycles. The number of anilines is 2. The molecule has 7 nitrogen and oxygen atoms in total. The fourth-order valence-electron chi connectivity index (χ4n) is 2.59. The number of hydrogen-bond donors (Lipinski definition) is 1. The van der Waals surface area contributed by atoms with Crippen LogP contribution in [0.5, 0.6) is 5.75 Å². The SMILES string of the molecule is O=C(COC(=O)CN1C(=O)CCOc2ccccc21)Nc1ccc(F)cc1Cl. The smallest absolute Gasteiger partial charge is 0.326 e. The van der Waals surface area contributed by atoms with Gasteiger partial charge in [0.15, 0.2) is 6.61 Å². The van der Waals surface area contributed by atoms with E-state index >= 15 is 0 Å². The Kier molecular flexibility index (Phi) is 6.10. The van der Waals surface area contributed by atoms with Crippen molar-refractivity contribution in [2.75, 3.05) is 30.0 Å². The van der Waals surface area contributed by atoms with Crippen LogP contribution >= 0.6 is 11.6 Å². The largest absolute Gasteiger partial charge is 0.491 e. The van der Waals surface area contributed by atoms with Crippen molar-refractivity contribution in [3.05, 3.63) is 53.3 Å². The molecule has 9 heteroatoms. The molecule has 0 bridgehead atoms. The average molecular weight is 407 g/mol. The Labute approximate surface area is 165 Å². The summed E-state index contributed by atoms with van der Waals surface area (Å²) in [5.74, 6) is -1.74. The number of benzene rings is 2. The highest BCUT2D eigenvalue weighted by atomic mass is 35.5. The van der Waals surface area contributed by atoms with E-state index in [4.69, 9.17) is 21.1 Å². The van der Waals surface area contributed by atoms with Crippen molar-refractivity contribution in [1.82, 2.24) is 0 Å². The van der Waals surface area contributed by atoms with Gasteiger partial charge in [-0.2, -0.15) is 0 Å². The fraction of sp³-hybridized carbons (Fsp3) is 0.211. The van der Waals surface area contributed by atoms with E-state index in [9.17, 15) is 18.8 Å². The number of amides is 2. The summed E-state index contributed by atoms with van der Waals surface area (Å²) in [4.78, 5) is 37.6. The lowest BCUT2D eigenvalue weighted by molar-refractivity contribution is -0.146. The highest BCUT2D eigenvalue weighted by Crippen LogP contribution is 2.30. The normalized spacial score (nSPS) is 13.2. The van der Waals surface area contributed by atoms with Gasteiger partial charge in [0.25, 0.3) is 5.91 Å². The zero-order chi connectivity index (χ0) is 20.1. The van der Waals surface area contributed by atoms with Gasteiger partial charge in [0.2, 0.25) is 5.91 Å². The van der Waals surface area contributed by atoms with E-state index in [1.165, 1.54) is 11.0 Å². The molecule has 0 saturated heterocycles. The van der Waals surface area contributed by atoms with Gasteiger partial charge in [-0.3, -0.25) is 19.3 Å². The van der Waals surface area contributed by atoms with E-state index in [0.717, 1.165) is 12.1 Å². The van der Waals surface area contributed by atoms with Crippen molar-refractivity contribution in [3.8, 4) is 5.75 Å². The van der Waals surface area contributed by atoms with E-state index in [-0.39, 0.29) is 36.2 Å². The Morgan fingerprint density at radius 3 is 2.82 bits per heavy atom. The number of para-hydroxylation sites is 2. The van der Waals surface area contributed by atoms with E-state index in [1.54, 1.807) is 24.3 Å². The molecule has 1 aliphatic heterocycles. The first-order chi connectivity index (χ1) is 13.4. The molecule has 1 aliphatic rings. The molecule has 0 radical (unpaired) electrons. The monoisotopic (exact) mass is 406 g/mol. The van der Waals surface area contributed by atoms with Gasteiger partial charge in [-0.25, -0.2) is 4.39 Å². The topological polar surface area (TPSA) is 84.9 Å². The quantitative estimate of drug-likeness (QED) is 0.772. The summed E-state index contributed by atoms with van der Waals surface area (Å²) in [5, 5.41) is 2.44. The molecule has 0 unspecified atom stereocenters. The predicted octanol–water partition coefficient (Wildman–Crippen LogP) is 2.78. The summed E-state index contributed by atoms with van der Waals surface area (Å²) in [7, 11) is 0. The molecule has 3 rings (SSSR count). The first-order valence-electron chi connectivity index (χ1n) is 8.37. The van der Waals surface area contributed by atoms with Crippen LogP contribution in [0.3, 0.4) is 0 Å². The Hall–Kier alpha value is -3.13. The maximum Gasteiger partial charge on any atom is 0.326 e. The molecule has 2 aromatic carbocycles. The number of fused-ring (bicyclic) bond motifs is 1. The van der Waals surface area contributed by atoms with Crippen LogP contribution < -0.4 is 15.0 Å². The Balaban J connectivity index is 1.58.